The molecule has 1 heterocycles. The van der Waals surface area contributed by atoms with Gasteiger partial charge in [0.05, 0.1) is 0 Å². The van der Waals surface area contributed by atoms with Crippen molar-refractivity contribution in [3.8, 4) is 0 Å². The lowest BCUT2D eigenvalue weighted by molar-refractivity contribution is 0.0981. The molecule has 0 radical (unpaired) electrons. The van der Waals surface area contributed by atoms with Crippen molar-refractivity contribution in [3.63, 3.8) is 0 Å². The molecule has 2 aromatic rings. The zero-order valence-corrected chi connectivity index (χ0v) is 11.9. The van der Waals surface area contributed by atoms with Crippen molar-refractivity contribution in [1.29, 1.82) is 0 Å². The van der Waals surface area contributed by atoms with E-state index in [1.165, 1.54) is 16.7 Å². The molecular formula is C17H21NO. The van der Waals surface area contributed by atoms with Crippen molar-refractivity contribution in [2.24, 2.45) is 0 Å². The number of hydrogen-bond donors (Lipinski definition) is 0. The molecular weight excluding hydrogens is 234 g/mol. The number of carbonyl (C=O) groups is 1. The number of aryl methyl sites for hydroxylation is 2. The predicted octanol–water partition coefficient (Wildman–Crippen LogP) is 4.14. The fourth-order valence-corrected chi connectivity index (χ4v) is 2.19. The van der Waals surface area contributed by atoms with Crippen LogP contribution in [0.3, 0.4) is 0 Å². The SMILES string of the molecule is CCCC(=O)c1ccn(Cc2ccc(C)c(C)c2)c1. The van der Waals surface area contributed by atoms with Crippen molar-refractivity contribution in [3.05, 3.63) is 58.9 Å². The molecule has 2 nitrogen and oxygen atoms in total. The van der Waals surface area contributed by atoms with Crippen LogP contribution in [0.15, 0.2) is 36.7 Å². The van der Waals surface area contributed by atoms with E-state index in [0.717, 1.165) is 18.5 Å². The summed E-state index contributed by atoms with van der Waals surface area (Å²) in [4.78, 5) is 11.8. The second-order valence-corrected chi connectivity index (χ2v) is 5.16. The normalized spacial score (nSPS) is 10.7. The lowest BCUT2D eigenvalue weighted by Gasteiger charge is -2.06. The number of rotatable bonds is 5. The molecule has 0 unspecified atom stereocenters. The number of benzene rings is 1. The summed E-state index contributed by atoms with van der Waals surface area (Å²) in [5.74, 6) is 0.237. The quantitative estimate of drug-likeness (QED) is 0.736. The van der Waals surface area contributed by atoms with Crippen LogP contribution in [-0.4, -0.2) is 10.4 Å². The number of carbonyl (C=O) groups excluding carboxylic acids is 1. The number of hydrogen-bond acceptors (Lipinski definition) is 1. The summed E-state index contributed by atoms with van der Waals surface area (Å²) < 4.78 is 2.08. The molecule has 0 fully saturated rings. The largest absolute Gasteiger partial charge is 0.349 e. The monoisotopic (exact) mass is 255 g/mol. The lowest BCUT2D eigenvalue weighted by atomic mass is 10.1. The van der Waals surface area contributed by atoms with Crippen LogP contribution in [0.1, 0.15) is 46.8 Å². The highest BCUT2D eigenvalue weighted by Gasteiger charge is 2.06. The van der Waals surface area contributed by atoms with Crippen LogP contribution in [0.4, 0.5) is 0 Å². The van der Waals surface area contributed by atoms with Crippen molar-refractivity contribution in [2.45, 2.75) is 40.2 Å². The van der Waals surface area contributed by atoms with E-state index < -0.39 is 0 Å². The van der Waals surface area contributed by atoms with Gasteiger partial charge in [-0.15, -0.1) is 0 Å². The van der Waals surface area contributed by atoms with E-state index >= 15 is 0 Å². The van der Waals surface area contributed by atoms with Gasteiger partial charge in [0.1, 0.15) is 0 Å². The lowest BCUT2D eigenvalue weighted by Crippen LogP contribution is -1.99. The minimum atomic E-state index is 0.237. The summed E-state index contributed by atoms with van der Waals surface area (Å²) in [5, 5.41) is 0. The fourth-order valence-electron chi connectivity index (χ4n) is 2.19. The average Bonchev–Trinajstić information content (AvgIpc) is 2.83. The zero-order chi connectivity index (χ0) is 13.8. The maximum atomic E-state index is 11.8. The molecule has 0 aliphatic carbocycles. The van der Waals surface area contributed by atoms with Crippen LogP contribution in [-0.2, 0) is 6.54 Å². The molecule has 0 saturated heterocycles. The Morgan fingerprint density at radius 1 is 1.16 bits per heavy atom. The standard InChI is InChI=1S/C17H21NO/c1-4-5-17(19)16-8-9-18(12-16)11-15-7-6-13(2)14(3)10-15/h6-10,12H,4-5,11H2,1-3H3. The first-order chi connectivity index (χ1) is 9.10. The fraction of sp³-hybridized carbons (Fsp3) is 0.353. The van der Waals surface area contributed by atoms with E-state index in [2.05, 4.69) is 36.6 Å². The highest BCUT2D eigenvalue weighted by Crippen LogP contribution is 2.13. The van der Waals surface area contributed by atoms with E-state index in [1.807, 2.05) is 25.4 Å². The third-order valence-corrected chi connectivity index (χ3v) is 3.49. The summed E-state index contributed by atoms with van der Waals surface area (Å²) >= 11 is 0. The maximum absolute atomic E-state index is 11.8. The molecule has 0 saturated carbocycles. The molecule has 2 rings (SSSR count). The topological polar surface area (TPSA) is 22.0 Å². The Balaban J connectivity index is 2.11. The molecule has 0 aliphatic heterocycles. The summed E-state index contributed by atoms with van der Waals surface area (Å²) in [6.45, 7) is 7.10. The first-order valence-electron chi connectivity index (χ1n) is 6.85. The Kier molecular flexibility index (Phi) is 4.20. The molecule has 0 aliphatic rings. The first-order valence-corrected chi connectivity index (χ1v) is 6.85. The third kappa shape index (κ3) is 3.34. The minimum absolute atomic E-state index is 0.237. The Morgan fingerprint density at radius 3 is 2.63 bits per heavy atom. The Labute approximate surface area is 115 Å². The Hall–Kier alpha value is -1.83. The molecule has 0 bridgehead atoms. The number of Topliss-reactive ketones (excluding diaryl/α,β-unsaturated/α-hetero) is 1. The van der Waals surface area contributed by atoms with Crippen molar-refractivity contribution in [2.75, 3.05) is 0 Å². The van der Waals surface area contributed by atoms with E-state index in [0.29, 0.717) is 6.42 Å². The van der Waals surface area contributed by atoms with Crippen LogP contribution in [0.5, 0.6) is 0 Å². The molecule has 0 N–H and O–H groups in total. The maximum Gasteiger partial charge on any atom is 0.164 e. The van der Waals surface area contributed by atoms with Crippen LogP contribution in [0.2, 0.25) is 0 Å². The number of ketones is 1. The minimum Gasteiger partial charge on any atom is -0.349 e. The Morgan fingerprint density at radius 2 is 1.95 bits per heavy atom. The van der Waals surface area contributed by atoms with Gasteiger partial charge in [0.15, 0.2) is 5.78 Å². The van der Waals surface area contributed by atoms with Crippen LogP contribution in [0, 0.1) is 13.8 Å². The molecule has 0 amide bonds. The molecule has 100 valence electrons. The van der Waals surface area contributed by atoms with Gasteiger partial charge in [0.2, 0.25) is 0 Å². The smallest absolute Gasteiger partial charge is 0.164 e. The van der Waals surface area contributed by atoms with Crippen molar-refractivity contribution in [1.82, 2.24) is 4.57 Å². The van der Waals surface area contributed by atoms with Crippen molar-refractivity contribution < 1.29 is 4.79 Å². The molecule has 0 spiro atoms. The highest BCUT2D eigenvalue weighted by atomic mass is 16.1. The van der Waals surface area contributed by atoms with Gasteiger partial charge in [-0.1, -0.05) is 25.1 Å². The van der Waals surface area contributed by atoms with Gasteiger partial charge in [0.25, 0.3) is 0 Å². The van der Waals surface area contributed by atoms with Crippen LogP contribution >= 0.6 is 0 Å². The van der Waals surface area contributed by atoms with Gasteiger partial charge in [-0.2, -0.15) is 0 Å². The van der Waals surface area contributed by atoms with E-state index in [9.17, 15) is 4.79 Å². The summed E-state index contributed by atoms with van der Waals surface area (Å²) in [5.41, 5.74) is 4.72. The second-order valence-electron chi connectivity index (χ2n) is 5.16. The van der Waals surface area contributed by atoms with Gasteiger partial charge in [0, 0.05) is 30.9 Å². The third-order valence-electron chi connectivity index (χ3n) is 3.49. The number of nitrogens with zero attached hydrogens (tertiary/aromatic N) is 1. The summed E-state index contributed by atoms with van der Waals surface area (Å²) in [6, 6.07) is 8.43. The zero-order valence-electron chi connectivity index (χ0n) is 11.9. The number of aromatic nitrogens is 1. The second kappa shape index (κ2) is 5.87. The van der Waals surface area contributed by atoms with Crippen LogP contribution in [0.25, 0.3) is 0 Å². The van der Waals surface area contributed by atoms with Gasteiger partial charge in [-0.3, -0.25) is 4.79 Å². The molecule has 1 aromatic carbocycles. The van der Waals surface area contributed by atoms with E-state index in [-0.39, 0.29) is 5.78 Å². The van der Waals surface area contributed by atoms with E-state index in [1.54, 1.807) is 0 Å². The average molecular weight is 255 g/mol. The van der Waals surface area contributed by atoms with E-state index in [4.69, 9.17) is 0 Å². The highest BCUT2D eigenvalue weighted by molar-refractivity contribution is 5.95. The van der Waals surface area contributed by atoms with Gasteiger partial charge >= 0.3 is 0 Å². The molecule has 0 atom stereocenters. The molecule has 1 aromatic heterocycles. The van der Waals surface area contributed by atoms with Gasteiger partial charge in [-0.25, -0.2) is 0 Å². The molecule has 19 heavy (non-hydrogen) atoms. The molecule has 2 heteroatoms. The summed E-state index contributed by atoms with van der Waals surface area (Å²) in [7, 11) is 0. The predicted molar refractivity (Wildman–Crippen MR) is 78.7 cm³/mol. The Bertz CT molecular complexity index is 581. The van der Waals surface area contributed by atoms with Crippen molar-refractivity contribution >= 4 is 5.78 Å². The van der Waals surface area contributed by atoms with Gasteiger partial charge in [-0.05, 0) is 43.0 Å². The first kappa shape index (κ1) is 13.6. The van der Waals surface area contributed by atoms with Gasteiger partial charge < -0.3 is 4.57 Å². The van der Waals surface area contributed by atoms with Crippen LogP contribution < -0.4 is 0 Å². The summed E-state index contributed by atoms with van der Waals surface area (Å²) in [6.07, 6.45) is 5.47.